The van der Waals surface area contributed by atoms with Gasteiger partial charge in [0.05, 0.1) is 12.0 Å². The van der Waals surface area contributed by atoms with Crippen molar-refractivity contribution in [3.63, 3.8) is 0 Å². The summed E-state index contributed by atoms with van der Waals surface area (Å²) in [7, 11) is 1.63. The summed E-state index contributed by atoms with van der Waals surface area (Å²) in [5, 5.41) is 3.96. The maximum absolute atomic E-state index is 12.1. The molecular weight excluding hydrogens is 247 g/mol. The van der Waals surface area contributed by atoms with Gasteiger partial charge in [-0.1, -0.05) is 11.3 Å². The minimum atomic E-state index is 0.0436. The molecule has 3 aliphatic heterocycles. The number of methoxy groups -OCH3 is 1. The maximum atomic E-state index is 12.1. The lowest BCUT2D eigenvalue weighted by atomic mass is 9.81. The van der Waals surface area contributed by atoms with E-state index >= 15 is 0 Å². The Morgan fingerprint density at radius 1 is 1.44 bits per heavy atom. The van der Waals surface area contributed by atoms with Crippen LogP contribution in [0.5, 0.6) is 5.06 Å². The van der Waals surface area contributed by atoms with E-state index in [0.29, 0.717) is 12.0 Å². The van der Waals surface area contributed by atoms with Crippen LogP contribution in [-0.4, -0.2) is 43.6 Å². The van der Waals surface area contributed by atoms with Crippen LogP contribution in [0.1, 0.15) is 22.5 Å². The lowest BCUT2D eigenvalue weighted by molar-refractivity contribution is 0.0622. The molecule has 5 heteroatoms. The van der Waals surface area contributed by atoms with Crippen LogP contribution in [-0.2, 0) is 0 Å². The molecule has 0 aliphatic carbocycles. The number of hydrogen-bond donors (Lipinski definition) is 1. The Labute approximate surface area is 111 Å². The summed E-state index contributed by atoms with van der Waals surface area (Å²) in [6.07, 6.45) is 2.44. The average Bonchev–Trinajstić information content (AvgIpc) is 2.89. The first-order valence-corrected chi connectivity index (χ1v) is 7.25. The van der Waals surface area contributed by atoms with Crippen LogP contribution in [0, 0.1) is 5.92 Å². The monoisotopic (exact) mass is 265 g/mol. The van der Waals surface area contributed by atoms with E-state index in [2.05, 4.69) is 10.2 Å². The van der Waals surface area contributed by atoms with Gasteiger partial charge in [0.25, 0.3) is 5.91 Å². The second-order valence-electron chi connectivity index (χ2n) is 5.04. The van der Waals surface area contributed by atoms with Crippen molar-refractivity contribution in [2.75, 3.05) is 26.7 Å². The number of thiophene rings is 1. The molecule has 4 heterocycles. The minimum Gasteiger partial charge on any atom is -0.487 e. The highest BCUT2D eigenvalue weighted by Crippen LogP contribution is 2.28. The fraction of sp³-hybridized carbons (Fsp3) is 0.615. The van der Waals surface area contributed by atoms with Gasteiger partial charge in [-0.05, 0) is 44.0 Å². The van der Waals surface area contributed by atoms with E-state index in [9.17, 15) is 4.79 Å². The normalized spacial score (nSPS) is 30.2. The number of nitrogens with one attached hydrogen (secondary N) is 1. The smallest absolute Gasteiger partial charge is 0.261 e. The Balaban J connectivity index is 1.64. The molecule has 18 heavy (non-hydrogen) atoms. The van der Waals surface area contributed by atoms with Crippen LogP contribution >= 0.6 is 11.3 Å². The number of piperidine rings is 3. The Kier molecular flexibility index (Phi) is 3.26. The van der Waals surface area contributed by atoms with Crippen LogP contribution in [0.3, 0.4) is 0 Å². The second-order valence-corrected chi connectivity index (χ2v) is 6.09. The molecule has 0 aromatic carbocycles. The third kappa shape index (κ3) is 2.24. The predicted molar refractivity (Wildman–Crippen MR) is 71.3 cm³/mol. The SMILES string of the molecule is COc1ccc([11C](=O)N[C@H]2CN3CCC2CC3)s1. The van der Waals surface area contributed by atoms with Crippen LogP contribution in [0.15, 0.2) is 12.1 Å². The van der Waals surface area contributed by atoms with E-state index in [-0.39, 0.29) is 5.91 Å². The zero-order valence-corrected chi connectivity index (χ0v) is 11.3. The highest BCUT2D eigenvalue weighted by atomic mass is 32.1. The fourth-order valence-electron chi connectivity index (χ4n) is 2.92. The summed E-state index contributed by atoms with van der Waals surface area (Å²) in [6, 6.07) is 4.00. The van der Waals surface area contributed by atoms with E-state index in [4.69, 9.17) is 4.74 Å². The fourth-order valence-corrected chi connectivity index (χ4v) is 3.64. The average molecular weight is 265 g/mol. The van der Waals surface area contributed by atoms with E-state index in [0.717, 1.165) is 16.5 Å². The van der Waals surface area contributed by atoms with Gasteiger partial charge in [-0.25, -0.2) is 0 Å². The van der Waals surface area contributed by atoms with Crippen molar-refractivity contribution < 1.29 is 9.53 Å². The lowest BCUT2D eigenvalue weighted by Crippen LogP contribution is -2.57. The number of ether oxygens (including phenoxy) is 1. The standard InChI is InChI=1S/C13H18N2O2S/c1-17-12-3-2-11(18-12)13(16)14-10-8-15-6-4-9(10)5-7-15/h2-3,9-10H,4-8H2,1H3,(H,14,16)/t10-/m0/s1/i13-1. The largest absolute Gasteiger partial charge is 0.487 e. The molecule has 1 amide bonds. The molecule has 0 spiro atoms. The summed E-state index contributed by atoms with van der Waals surface area (Å²) < 4.78 is 5.11. The summed E-state index contributed by atoms with van der Waals surface area (Å²) in [5.41, 5.74) is 0. The first-order chi connectivity index (χ1) is 8.76. The molecule has 2 bridgehead atoms. The molecule has 0 saturated carbocycles. The van der Waals surface area contributed by atoms with Crippen LogP contribution < -0.4 is 10.1 Å². The van der Waals surface area contributed by atoms with Gasteiger partial charge in [-0.3, -0.25) is 4.79 Å². The number of rotatable bonds is 3. The van der Waals surface area contributed by atoms with Gasteiger partial charge in [-0.2, -0.15) is 0 Å². The Hall–Kier alpha value is -1.07. The molecular formula is C13H18N2O2S. The van der Waals surface area contributed by atoms with E-state index < -0.39 is 0 Å². The molecule has 1 atom stereocenters. The third-order valence-electron chi connectivity index (χ3n) is 3.98. The van der Waals surface area contributed by atoms with Crippen LogP contribution in [0.2, 0.25) is 0 Å². The topological polar surface area (TPSA) is 41.6 Å². The number of carbonyl (C=O) groups excluding carboxylic acids is 1. The zero-order valence-electron chi connectivity index (χ0n) is 10.5. The summed E-state index contributed by atoms with van der Waals surface area (Å²) in [4.78, 5) is 15.3. The van der Waals surface area contributed by atoms with E-state index in [1.807, 2.05) is 12.1 Å². The zero-order chi connectivity index (χ0) is 12.5. The predicted octanol–water partition coefficient (Wildman–Crippen LogP) is 1.58. The van der Waals surface area contributed by atoms with Gasteiger partial charge in [0, 0.05) is 12.6 Å². The number of nitrogens with zero attached hydrogens (tertiary/aromatic N) is 1. The molecule has 1 N–H and O–H groups in total. The molecule has 3 saturated heterocycles. The van der Waals surface area contributed by atoms with Crippen molar-refractivity contribution in [2.24, 2.45) is 5.92 Å². The number of fused-ring (bicyclic) bond motifs is 3. The lowest BCUT2D eigenvalue weighted by Gasteiger charge is -2.44. The minimum absolute atomic E-state index is 0.0436. The van der Waals surface area contributed by atoms with Gasteiger partial charge < -0.3 is 15.0 Å². The van der Waals surface area contributed by atoms with Crippen molar-refractivity contribution in [3.05, 3.63) is 17.0 Å². The molecule has 4 nitrogen and oxygen atoms in total. The molecule has 3 fully saturated rings. The Morgan fingerprint density at radius 3 is 2.78 bits per heavy atom. The van der Waals surface area contributed by atoms with Gasteiger partial charge in [0.1, 0.15) is 0 Å². The van der Waals surface area contributed by atoms with Crippen LogP contribution in [0.4, 0.5) is 0 Å². The number of hydrogen-bond acceptors (Lipinski definition) is 4. The third-order valence-corrected chi connectivity index (χ3v) is 5.02. The van der Waals surface area contributed by atoms with Gasteiger partial charge in [-0.15, -0.1) is 0 Å². The first kappa shape index (κ1) is 12.0. The highest BCUT2D eigenvalue weighted by molar-refractivity contribution is 7.15. The Morgan fingerprint density at radius 2 is 2.22 bits per heavy atom. The first-order valence-electron chi connectivity index (χ1n) is 6.43. The molecule has 3 aliphatic rings. The molecule has 0 radical (unpaired) electrons. The quantitative estimate of drug-likeness (QED) is 0.902. The molecule has 1 aromatic rings. The van der Waals surface area contributed by atoms with E-state index in [1.54, 1.807) is 7.11 Å². The van der Waals surface area contributed by atoms with E-state index in [1.165, 1.54) is 37.3 Å². The van der Waals surface area contributed by atoms with Crippen LogP contribution in [0.25, 0.3) is 0 Å². The molecule has 1 aromatic heterocycles. The maximum Gasteiger partial charge on any atom is 0.261 e. The van der Waals surface area contributed by atoms with Gasteiger partial charge in [0.15, 0.2) is 5.06 Å². The number of carbonyl (C=O) groups is 1. The van der Waals surface area contributed by atoms with Crippen molar-refractivity contribution in [2.45, 2.75) is 18.9 Å². The summed E-state index contributed by atoms with van der Waals surface area (Å²) >= 11 is 1.40. The highest BCUT2D eigenvalue weighted by Gasteiger charge is 2.35. The molecule has 4 rings (SSSR count). The second kappa shape index (κ2) is 4.90. The molecule has 98 valence electrons. The van der Waals surface area contributed by atoms with Gasteiger partial charge in [0.2, 0.25) is 0 Å². The Bertz CT molecular complexity index is 438. The number of amides is 1. The van der Waals surface area contributed by atoms with Crippen molar-refractivity contribution in [1.82, 2.24) is 10.2 Å². The van der Waals surface area contributed by atoms with Gasteiger partial charge >= 0.3 is 0 Å². The summed E-state index contributed by atoms with van der Waals surface area (Å²) in [6.45, 7) is 3.41. The summed E-state index contributed by atoms with van der Waals surface area (Å²) in [5.74, 6) is 0.711. The molecule has 0 unspecified atom stereocenters. The van der Waals surface area contributed by atoms with Crippen molar-refractivity contribution >= 4 is 17.2 Å². The van der Waals surface area contributed by atoms with Crippen molar-refractivity contribution in [1.29, 1.82) is 0 Å². The van der Waals surface area contributed by atoms with Crippen molar-refractivity contribution in [3.8, 4) is 5.06 Å².